The number of para-hydroxylation sites is 1. The molecule has 0 radical (unpaired) electrons. The predicted molar refractivity (Wildman–Crippen MR) is 68.7 cm³/mol. The van der Waals surface area contributed by atoms with Crippen LogP contribution in [0.15, 0.2) is 24.3 Å². The molecule has 0 atom stereocenters. The minimum atomic E-state index is -4.65. The van der Waals surface area contributed by atoms with Crippen LogP contribution >= 0.6 is 7.82 Å². The molecule has 0 heterocycles. The molecule has 2 N–H and O–H groups in total. The van der Waals surface area contributed by atoms with Gasteiger partial charge in [0.15, 0.2) is 0 Å². The van der Waals surface area contributed by atoms with Gasteiger partial charge in [0.25, 0.3) is 0 Å². The molecule has 0 unspecified atom stereocenters. The first-order valence-corrected chi connectivity index (χ1v) is 7.15. The van der Waals surface area contributed by atoms with E-state index in [2.05, 4.69) is 4.52 Å². The van der Waals surface area contributed by atoms with Crippen molar-refractivity contribution in [1.82, 2.24) is 0 Å². The van der Waals surface area contributed by atoms with E-state index in [1.54, 1.807) is 39.0 Å². The third-order valence-electron chi connectivity index (χ3n) is 1.94. The van der Waals surface area contributed by atoms with Crippen LogP contribution in [0, 0.1) is 0 Å². The summed E-state index contributed by atoms with van der Waals surface area (Å²) in [6.07, 6.45) is -0.118. The van der Waals surface area contributed by atoms with E-state index in [1.807, 2.05) is 0 Å². The van der Waals surface area contributed by atoms with Crippen molar-refractivity contribution >= 4 is 13.8 Å². The minimum Gasteiger partial charge on any atom is -0.460 e. The van der Waals surface area contributed by atoms with Crippen LogP contribution in [0.2, 0.25) is 0 Å². The molecule has 0 bridgehead atoms. The number of phosphoric acid groups is 1. The first-order valence-electron chi connectivity index (χ1n) is 5.62. The first-order chi connectivity index (χ1) is 8.57. The highest BCUT2D eigenvalue weighted by Crippen LogP contribution is 2.39. The molecule has 0 aliphatic rings. The SMILES string of the molecule is CC(C)(C)OC(=O)Cc1ccccc1OP(=O)(O)O. The summed E-state index contributed by atoms with van der Waals surface area (Å²) in [4.78, 5) is 29.3. The van der Waals surface area contributed by atoms with E-state index in [0.717, 1.165) is 0 Å². The quantitative estimate of drug-likeness (QED) is 0.650. The van der Waals surface area contributed by atoms with Gasteiger partial charge in [0.1, 0.15) is 11.4 Å². The van der Waals surface area contributed by atoms with E-state index in [-0.39, 0.29) is 12.2 Å². The summed E-state index contributed by atoms with van der Waals surface area (Å²) >= 11 is 0. The molecule has 1 aromatic rings. The Morgan fingerprint density at radius 1 is 1.26 bits per heavy atom. The molecule has 106 valence electrons. The molecule has 0 aliphatic carbocycles. The first kappa shape index (κ1) is 15.7. The molecule has 0 amide bonds. The summed E-state index contributed by atoms with van der Waals surface area (Å²) in [5.74, 6) is -0.518. The van der Waals surface area contributed by atoms with Crippen molar-refractivity contribution in [3.05, 3.63) is 29.8 Å². The van der Waals surface area contributed by atoms with Gasteiger partial charge in [-0.15, -0.1) is 0 Å². The van der Waals surface area contributed by atoms with Gasteiger partial charge in [-0.05, 0) is 26.8 Å². The van der Waals surface area contributed by atoms with Gasteiger partial charge in [-0.2, -0.15) is 0 Å². The molecule has 19 heavy (non-hydrogen) atoms. The smallest absolute Gasteiger partial charge is 0.460 e. The lowest BCUT2D eigenvalue weighted by molar-refractivity contribution is -0.153. The number of benzene rings is 1. The second-order valence-corrected chi connectivity index (χ2v) is 6.12. The molecule has 0 aromatic heterocycles. The molecule has 1 rings (SSSR count). The summed E-state index contributed by atoms with van der Waals surface area (Å²) in [7, 11) is -4.65. The number of phosphoric ester groups is 1. The number of ether oxygens (including phenoxy) is 1. The average molecular weight is 288 g/mol. The summed E-state index contributed by atoms with van der Waals surface area (Å²) < 4.78 is 20.5. The monoisotopic (exact) mass is 288 g/mol. The Bertz CT molecular complexity index is 499. The summed E-state index contributed by atoms with van der Waals surface area (Å²) in [5, 5.41) is 0. The summed E-state index contributed by atoms with van der Waals surface area (Å²) in [5.41, 5.74) is -0.254. The van der Waals surface area contributed by atoms with Crippen LogP contribution in [-0.2, 0) is 20.5 Å². The second kappa shape index (κ2) is 5.74. The van der Waals surface area contributed by atoms with Gasteiger partial charge in [-0.1, -0.05) is 18.2 Å². The Labute approximate surface area is 111 Å². The van der Waals surface area contributed by atoms with Gasteiger partial charge < -0.3 is 9.26 Å². The Kier molecular flexibility index (Phi) is 4.74. The molecule has 6 nitrogen and oxygen atoms in total. The zero-order valence-corrected chi connectivity index (χ0v) is 11.9. The Hall–Kier alpha value is -1.36. The molecule has 0 spiro atoms. The molecule has 0 saturated carbocycles. The fourth-order valence-corrected chi connectivity index (χ4v) is 1.83. The summed E-state index contributed by atoms with van der Waals surface area (Å²) in [6, 6.07) is 6.14. The van der Waals surface area contributed by atoms with E-state index in [0.29, 0.717) is 5.56 Å². The maximum atomic E-state index is 11.7. The Morgan fingerprint density at radius 3 is 2.37 bits per heavy atom. The van der Waals surface area contributed by atoms with Gasteiger partial charge >= 0.3 is 13.8 Å². The largest absolute Gasteiger partial charge is 0.524 e. The highest BCUT2D eigenvalue weighted by atomic mass is 31.2. The molecular formula is C12H17O6P. The lowest BCUT2D eigenvalue weighted by Crippen LogP contribution is -2.25. The van der Waals surface area contributed by atoms with Crippen molar-refractivity contribution in [2.24, 2.45) is 0 Å². The van der Waals surface area contributed by atoms with E-state index in [4.69, 9.17) is 14.5 Å². The maximum Gasteiger partial charge on any atom is 0.524 e. The van der Waals surface area contributed by atoms with Crippen LogP contribution < -0.4 is 4.52 Å². The lowest BCUT2D eigenvalue weighted by Gasteiger charge is -2.20. The maximum absolute atomic E-state index is 11.7. The van der Waals surface area contributed by atoms with E-state index < -0.39 is 19.4 Å². The number of carbonyl (C=O) groups excluding carboxylic acids is 1. The van der Waals surface area contributed by atoms with Gasteiger partial charge in [-0.25, -0.2) is 4.57 Å². The molecule has 0 saturated heterocycles. The number of rotatable bonds is 4. The van der Waals surface area contributed by atoms with Crippen molar-refractivity contribution in [2.45, 2.75) is 32.8 Å². The van der Waals surface area contributed by atoms with Crippen LogP contribution in [0.4, 0.5) is 0 Å². The van der Waals surface area contributed by atoms with Crippen LogP contribution in [0.25, 0.3) is 0 Å². The van der Waals surface area contributed by atoms with Gasteiger partial charge in [-0.3, -0.25) is 14.6 Å². The number of hydrogen-bond donors (Lipinski definition) is 2. The molecule has 1 aromatic carbocycles. The van der Waals surface area contributed by atoms with E-state index >= 15 is 0 Å². The van der Waals surface area contributed by atoms with Crippen LogP contribution in [0.1, 0.15) is 26.3 Å². The van der Waals surface area contributed by atoms with Crippen molar-refractivity contribution in [3.63, 3.8) is 0 Å². The number of carbonyl (C=O) groups is 1. The second-order valence-electron chi connectivity index (χ2n) is 4.95. The Balaban J connectivity index is 2.84. The summed E-state index contributed by atoms with van der Waals surface area (Å²) in [6.45, 7) is 5.22. The fraction of sp³-hybridized carbons (Fsp3) is 0.417. The lowest BCUT2D eigenvalue weighted by atomic mass is 10.1. The minimum absolute atomic E-state index is 0.0262. The van der Waals surface area contributed by atoms with Gasteiger partial charge in [0, 0.05) is 5.56 Å². The Morgan fingerprint density at radius 2 is 1.84 bits per heavy atom. The molecule has 0 aliphatic heterocycles. The standard InChI is InChI=1S/C12H17O6P/c1-12(2,3)17-11(13)8-9-6-4-5-7-10(9)18-19(14,15)16/h4-7H,8H2,1-3H3,(H2,14,15,16). The van der Waals surface area contributed by atoms with Crippen molar-refractivity contribution in [2.75, 3.05) is 0 Å². The van der Waals surface area contributed by atoms with Crippen LogP contribution in [-0.4, -0.2) is 21.4 Å². The number of hydrogen-bond acceptors (Lipinski definition) is 4. The van der Waals surface area contributed by atoms with E-state index in [1.165, 1.54) is 6.07 Å². The predicted octanol–water partition coefficient (Wildman–Crippen LogP) is 2.04. The van der Waals surface area contributed by atoms with Crippen molar-refractivity contribution < 1.29 is 28.4 Å². The van der Waals surface area contributed by atoms with E-state index in [9.17, 15) is 9.36 Å². The normalized spacial score (nSPS) is 12.1. The van der Waals surface area contributed by atoms with Crippen molar-refractivity contribution in [3.8, 4) is 5.75 Å². The highest BCUT2D eigenvalue weighted by molar-refractivity contribution is 7.46. The average Bonchev–Trinajstić information content (AvgIpc) is 2.15. The molecule has 0 fully saturated rings. The topological polar surface area (TPSA) is 93.1 Å². The van der Waals surface area contributed by atoms with Gasteiger partial charge in [0.05, 0.1) is 6.42 Å². The molecular weight excluding hydrogens is 271 g/mol. The van der Waals surface area contributed by atoms with Crippen LogP contribution in [0.3, 0.4) is 0 Å². The zero-order valence-electron chi connectivity index (χ0n) is 11.0. The third kappa shape index (κ3) is 6.38. The molecule has 7 heteroatoms. The van der Waals surface area contributed by atoms with Crippen molar-refractivity contribution in [1.29, 1.82) is 0 Å². The third-order valence-corrected chi connectivity index (χ3v) is 2.38. The fourth-order valence-electron chi connectivity index (χ4n) is 1.40. The highest BCUT2D eigenvalue weighted by Gasteiger charge is 2.21. The number of esters is 1. The zero-order chi connectivity index (χ0) is 14.7. The van der Waals surface area contributed by atoms with Gasteiger partial charge in [0.2, 0.25) is 0 Å². The van der Waals surface area contributed by atoms with Crippen LogP contribution in [0.5, 0.6) is 5.75 Å².